The van der Waals surface area contributed by atoms with Crippen LogP contribution in [0.15, 0.2) is 25.5 Å². The quantitative estimate of drug-likeness (QED) is 0.439. The van der Waals surface area contributed by atoms with E-state index < -0.39 is 0 Å². The molecule has 0 aromatic heterocycles. The molecule has 0 fully saturated rings. The SMILES string of the molecule is C=CC(C)CN(CC)SC.C=CO.CC. The Labute approximate surface area is 100 Å². The molecule has 0 aromatic rings. The number of nitrogens with zero attached hydrogens (tertiary/aromatic N) is 1. The van der Waals surface area contributed by atoms with Gasteiger partial charge in [-0.3, -0.25) is 4.31 Å². The van der Waals surface area contributed by atoms with Gasteiger partial charge in [0.15, 0.2) is 0 Å². The first-order chi connectivity index (χ1) is 7.15. The summed E-state index contributed by atoms with van der Waals surface area (Å²) in [6.07, 6.45) is 4.86. The van der Waals surface area contributed by atoms with Gasteiger partial charge in [-0.05, 0) is 12.2 Å². The standard InChI is InChI=1S/C8H17NS.C2H4O.C2H6/c1-5-8(3)7-9(6-2)10-4;1-2-3;1-2/h5,8H,1,6-7H2,2-4H3;2-3H,1H2;1-2H3. The Morgan fingerprint density at radius 3 is 2.00 bits per heavy atom. The molecule has 1 N–H and O–H groups in total. The molecule has 0 amide bonds. The fraction of sp³-hybridized carbons (Fsp3) is 0.667. The molecule has 0 rings (SSSR count). The second-order valence-electron chi connectivity index (χ2n) is 2.56. The summed E-state index contributed by atoms with van der Waals surface area (Å²) in [6.45, 7) is 17.2. The van der Waals surface area contributed by atoms with Crippen LogP contribution in [0.4, 0.5) is 0 Å². The molecule has 0 aliphatic rings. The predicted molar refractivity (Wildman–Crippen MR) is 74.3 cm³/mol. The molecule has 0 radical (unpaired) electrons. The van der Waals surface area contributed by atoms with Crippen molar-refractivity contribution in [3.63, 3.8) is 0 Å². The zero-order chi connectivity index (χ0) is 12.7. The maximum absolute atomic E-state index is 7.33. The summed E-state index contributed by atoms with van der Waals surface area (Å²) in [5, 5.41) is 7.33. The Morgan fingerprint density at radius 1 is 1.40 bits per heavy atom. The van der Waals surface area contributed by atoms with Gasteiger partial charge in [-0.15, -0.1) is 6.58 Å². The van der Waals surface area contributed by atoms with Crippen molar-refractivity contribution in [2.24, 2.45) is 5.92 Å². The van der Waals surface area contributed by atoms with Gasteiger partial charge < -0.3 is 5.11 Å². The van der Waals surface area contributed by atoms with Gasteiger partial charge in [-0.25, -0.2) is 0 Å². The van der Waals surface area contributed by atoms with E-state index >= 15 is 0 Å². The highest BCUT2D eigenvalue weighted by Gasteiger charge is 2.02. The minimum atomic E-state index is 0.604. The van der Waals surface area contributed by atoms with E-state index in [1.807, 2.05) is 19.9 Å². The van der Waals surface area contributed by atoms with Crippen molar-refractivity contribution in [3.05, 3.63) is 25.5 Å². The van der Waals surface area contributed by atoms with Gasteiger partial charge in [0, 0.05) is 13.1 Å². The number of aliphatic hydroxyl groups excluding tert-OH is 1. The monoisotopic (exact) mass is 233 g/mol. The number of hydrogen-bond acceptors (Lipinski definition) is 3. The molecule has 15 heavy (non-hydrogen) atoms. The van der Waals surface area contributed by atoms with Gasteiger partial charge in [0.05, 0.1) is 6.26 Å². The lowest BCUT2D eigenvalue weighted by molar-refractivity contribution is 0.448. The van der Waals surface area contributed by atoms with E-state index in [1.54, 1.807) is 11.9 Å². The van der Waals surface area contributed by atoms with Gasteiger partial charge >= 0.3 is 0 Å². The van der Waals surface area contributed by atoms with Crippen LogP contribution < -0.4 is 0 Å². The van der Waals surface area contributed by atoms with Crippen molar-refractivity contribution in [2.75, 3.05) is 19.3 Å². The molecule has 1 unspecified atom stereocenters. The van der Waals surface area contributed by atoms with Crippen LogP contribution in [0, 0.1) is 5.92 Å². The fourth-order valence-electron chi connectivity index (χ4n) is 0.728. The van der Waals surface area contributed by atoms with E-state index in [4.69, 9.17) is 5.11 Å². The third-order valence-electron chi connectivity index (χ3n) is 1.50. The third-order valence-corrected chi connectivity index (χ3v) is 2.43. The maximum Gasteiger partial charge on any atom is 0.0719 e. The van der Waals surface area contributed by atoms with Gasteiger partial charge in [0.25, 0.3) is 0 Å². The summed E-state index contributed by atoms with van der Waals surface area (Å²) >= 11 is 1.80. The molecular weight excluding hydrogens is 206 g/mol. The summed E-state index contributed by atoms with van der Waals surface area (Å²) < 4.78 is 2.33. The average molecular weight is 233 g/mol. The van der Waals surface area contributed by atoms with Crippen molar-refractivity contribution in [1.29, 1.82) is 0 Å². The Kier molecular flexibility index (Phi) is 25.7. The number of hydrogen-bond donors (Lipinski definition) is 1. The predicted octanol–water partition coefficient (Wildman–Crippen LogP) is 4.12. The van der Waals surface area contributed by atoms with Gasteiger partial charge in [-0.1, -0.05) is 52.3 Å². The number of aliphatic hydroxyl groups is 1. The Balaban J connectivity index is -0.000000245. The normalized spacial score (nSPS) is 10.3. The molecule has 3 heteroatoms. The summed E-state index contributed by atoms with van der Waals surface area (Å²) in [5.74, 6) is 0.604. The highest BCUT2D eigenvalue weighted by atomic mass is 32.2. The van der Waals surface area contributed by atoms with E-state index in [0.29, 0.717) is 5.92 Å². The minimum Gasteiger partial charge on any atom is -0.516 e. The van der Waals surface area contributed by atoms with Crippen LogP contribution in [0.3, 0.4) is 0 Å². The van der Waals surface area contributed by atoms with E-state index in [-0.39, 0.29) is 0 Å². The second kappa shape index (κ2) is 19.2. The minimum absolute atomic E-state index is 0.604. The van der Waals surface area contributed by atoms with Gasteiger partial charge in [0.2, 0.25) is 0 Å². The molecule has 0 saturated heterocycles. The molecule has 92 valence electrons. The zero-order valence-electron chi connectivity index (χ0n) is 10.9. The summed E-state index contributed by atoms with van der Waals surface area (Å²) in [6, 6.07) is 0. The van der Waals surface area contributed by atoms with Crippen molar-refractivity contribution in [1.82, 2.24) is 4.31 Å². The molecule has 0 bridgehead atoms. The second-order valence-corrected chi connectivity index (χ2v) is 3.44. The van der Waals surface area contributed by atoms with Gasteiger partial charge in [-0.2, -0.15) is 0 Å². The number of rotatable bonds is 5. The first-order valence-electron chi connectivity index (χ1n) is 5.32. The molecule has 2 nitrogen and oxygen atoms in total. The van der Waals surface area contributed by atoms with Crippen LogP contribution in [0.5, 0.6) is 0 Å². The summed E-state index contributed by atoms with van der Waals surface area (Å²) in [5.41, 5.74) is 0. The van der Waals surface area contributed by atoms with E-state index in [0.717, 1.165) is 19.4 Å². The van der Waals surface area contributed by atoms with Crippen molar-refractivity contribution in [2.45, 2.75) is 27.7 Å². The Bertz CT molecular complexity index is 125. The van der Waals surface area contributed by atoms with E-state index in [9.17, 15) is 0 Å². The summed E-state index contributed by atoms with van der Waals surface area (Å²) in [7, 11) is 0. The largest absolute Gasteiger partial charge is 0.516 e. The molecule has 0 aliphatic heterocycles. The average Bonchev–Trinajstić information content (AvgIpc) is 2.29. The molecular formula is C12H27NOS. The Hall–Kier alpha value is -0.410. The van der Waals surface area contributed by atoms with E-state index in [1.165, 1.54) is 0 Å². The van der Waals surface area contributed by atoms with E-state index in [2.05, 4.69) is 37.6 Å². The molecule has 0 aromatic carbocycles. The smallest absolute Gasteiger partial charge is 0.0719 e. The fourth-order valence-corrected chi connectivity index (χ4v) is 1.37. The van der Waals surface area contributed by atoms with Crippen molar-refractivity contribution in [3.8, 4) is 0 Å². The third kappa shape index (κ3) is 19.8. The van der Waals surface area contributed by atoms with Crippen LogP contribution >= 0.6 is 11.9 Å². The van der Waals surface area contributed by atoms with Crippen LogP contribution in [0.1, 0.15) is 27.7 Å². The van der Waals surface area contributed by atoms with Crippen LogP contribution in [0.2, 0.25) is 0 Å². The topological polar surface area (TPSA) is 23.5 Å². The van der Waals surface area contributed by atoms with Gasteiger partial charge in [0.1, 0.15) is 0 Å². The van der Waals surface area contributed by atoms with Crippen molar-refractivity contribution < 1.29 is 5.11 Å². The van der Waals surface area contributed by atoms with Crippen LogP contribution in [0.25, 0.3) is 0 Å². The van der Waals surface area contributed by atoms with Crippen LogP contribution in [-0.4, -0.2) is 28.8 Å². The molecule has 0 heterocycles. The molecule has 0 spiro atoms. The first kappa shape index (κ1) is 20.1. The maximum atomic E-state index is 7.33. The Morgan fingerprint density at radius 2 is 1.80 bits per heavy atom. The van der Waals surface area contributed by atoms with Crippen molar-refractivity contribution >= 4 is 11.9 Å². The zero-order valence-corrected chi connectivity index (χ0v) is 11.7. The molecule has 0 saturated carbocycles. The lowest BCUT2D eigenvalue weighted by Gasteiger charge is -2.18. The first-order valence-corrected chi connectivity index (χ1v) is 6.51. The molecule has 0 aliphatic carbocycles. The molecule has 1 atom stereocenters. The highest BCUT2D eigenvalue weighted by Crippen LogP contribution is 2.08. The summed E-state index contributed by atoms with van der Waals surface area (Å²) in [4.78, 5) is 0. The van der Waals surface area contributed by atoms with Crippen LogP contribution in [-0.2, 0) is 0 Å². The lowest BCUT2D eigenvalue weighted by Crippen LogP contribution is -2.20. The highest BCUT2D eigenvalue weighted by molar-refractivity contribution is 7.96. The lowest BCUT2D eigenvalue weighted by atomic mass is 10.2.